The third kappa shape index (κ3) is 6.55. The molecule has 0 bridgehead atoms. The highest BCUT2D eigenvalue weighted by atomic mass is 32.2. The Hall–Kier alpha value is -2.13. The quantitative estimate of drug-likeness (QED) is 0.813. The Kier molecular flexibility index (Phi) is 6.73. The Morgan fingerprint density at radius 2 is 1.71 bits per heavy atom. The molecule has 0 radical (unpaired) electrons. The summed E-state index contributed by atoms with van der Waals surface area (Å²) in [6.45, 7) is 4.36. The van der Waals surface area contributed by atoms with E-state index in [2.05, 4.69) is 10.3 Å². The fourth-order valence-electron chi connectivity index (χ4n) is 1.58. The summed E-state index contributed by atoms with van der Waals surface area (Å²) in [5.74, 6) is 0. The summed E-state index contributed by atoms with van der Waals surface area (Å²) in [6.07, 6.45) is -3.18. The van der Waals surface area contributed by atoms with E-state index in [1.54, 1.807) is 12.1 Å². The van der Waals surface area contributed by atoms with E-state index in [9.17, 15) is 21.6 Å². The summed E-state index contributed by atoms with van der Waals surface area (Å²) in [4.78, 5) is 3.21. The minimum atomic E-state index is -4.36. The van der Waals surface area contributed by atoms with E-state index in [0.29, 0.717) is 12.2 Å². The molecule has 0 saturated carbocycles. The molecule has 9 heteroatoms. The summed E-state index contributed by atoms with van der Waals surface area (Å²) in [6, 6.07) is 8.30. The minimum absolute atomic E-state index is 0.0666. The van der Waals surface area contributed by atoms with Crippen LogP contribution in [-0.2, 0) is 16.3 Å². The Bertz CT molecular complexity index is 743. The lowest BCUT2D eigenvalue weighted by molar-refractivity contribution is -0.141. The van der Waals surface area contributed by atoms with Gasteiger partial charge in [-0.2, -0.15) is 21.6 Å². The second kappa shape index (κ2) is 8.11. The molecule has 1 aromatic heterocycles. The molecule has 1 aromatic carbocycles. The van der Waals surface area contributed by atoms with Gasteiger partial charge in [0.25, 0.3) is 10.1 Å². The molecule has 2 aromatic rings. The van der Waals surface area contributed by atoms with Crippen molar-refractivity contribution in [3.8, 4) is 0 Å². The predicted octanol–water partition coefficient (Wildman–Crippen LogP) is 3.77. The van der Waals surface area contributed by atoms with Crippen molar-refractivity contribution in [2.45, 2.75) is 24.9 Å². The van der Waals surface area contributed by atoms with Crippen LogP contribution in [0.1, 0.15) is 18.2 Å². The van der Waals surface area contributed by atoms with Crippen LogP contribution >= 0.6 is 0 Å². The lowest BCUT2D eigenvalue weighted by atomic mass is 10.2. The number of halogens is 3. The van der Waals surface area contributed by atoms with Gasteiger partial charge in [-0.3, -0.25) is 4.55 Å². The van der Waals surface area contributed by atoms with Crippen LogP contribution in [-0.4, -0.2) is 24.5 Å². The smallest absolute Gasteiger partial charge is 0.384 e. The van der Waals surface area contributed by atoms with Crippen molar-refractivity contribution >= 4 is 15.8 Å². The van der Waals surface area contributed by atoms with Gasteiger partial charge in [-0.25, -0.2) is 4.98 Å². The topological polar surface area (TPSA) is 79.3 Å². The van der Waals surface area contributed by atoms with Crippen molar-refractivity contribution in [1.82, 2.24) is 4.98 Å². The molecular formula is C15H17F3N2O3S. The van der Waals surface area contributed by atoms with Crippen LogP contribution in [0.5, 0.6) is 0 Å². The molecule has 2 rings (SSSR count). The molecule has 0 aliphatic carbocycles. The molecule has 1 heterocycles. The molecule has 0 fully saturated rings. The summed E-state index contributed by atoms with van der Waals surface area (Å²) >= 11 is 0. The minimum Gasteiger partial charge on any atom is -0.384 e. The first-order valence-corrected chi connectivity index (χ1v) is 8.29. The Balaban J connectivity index is 0.000000243. The lowest BCUT2D eigenvalue weighted by Crippen LogP contribution is -2.08. The summed E-state index contributed by atoms with van der Waals surface area (Å²) in [7, 11) is -4.02. The Labute approximate surface area is 138 Å². The van der Waals surface area contributed by atoms with E-state index in [1.807, 2.05) is 13.8 Å². The van der Waals surface area contributed by atoms with E-state index in [4.69, 9.17) is 4.55 Å². The number of alkyl halides is 3. The van der Waals surface area contributed by atoms with Crippen molar-refractivity contribution < 1.29 is 26.1 Å². The highest BCUT2D eigenvalue weighted by Gasteiger charge is 2.31. The van der Waals surface area contributed by atoms with Gasteiger partial charge in [0.15, 0.2) is 0 Å². The van der Waals surface area contributed by atoms with Crippen LogP contribution < -0.4 is 5.32 Å². The van der Waals surface area contributed by atoms with E-state index in [-0.39, 0.29) is 4.90 Å². The number of benzene rings is 1. The molecule has 0 atom stereocenters. The first-order chi connectivity index (χ1) is 11.0. The molecule has 5 nitrogen and oxygen atoms in total. The maximum atomic E-state index is 12.0. The van der Waals surface area contributed by atoms with Gasteiger partial charge in [-0.05, 0) is 38.1 Å². The normalized spacial score (nSPS) is 11.4. The number of pyridine rings is 1. The fraction of sp³-hybridized carbons (Fsp3) is 0.267. The van der Waals surface area contributed by atoms with Gasteiger partial charge in [0.1, 0.15) is 5.69 Å². The molecular weight excluding hydrogens is 345 g/mol. The monoisotopic (exact) mass is 362 g/mol. The molecule has 0 saturated heterocycles. The van der Waals surface area contributed by atoms with Crippen LogP contribution in [0.25, 0.3) is 0 Å². The molecule has 0 spiro atoms. The molecule has 132 valence electrons. The van der Waals surface area contributed by atoms with Crippen LogP contribution in [0.2, 0.25) is 0 Å². The molecule has 2 N–H and O–H groups in total. The third-order valence-electron chi connectivity index (χ3n) is 2.75. The number of hydrogen-bond acceptors (Lipinski definition) is 4. The van der Waals surface area contributed by atoms with E-state index < -0.39 is 22.0 Å². The standard InChI is InChI=1S/C8H9F3N2.C7H8O3S/c1-2-12-6-3-4-7(13-5-6)8(9,10)11;1-6-2-4-7(5-3-6)11(8,9)10/h3-5,12H,2H2,1H3;2-5H,1H3,(H,8,9,10). The summed E-state index contributed by atoms with van der Waals surface area (Å²) in [5, 5.41) is 2.86. The summed E-state index contributed by atoms with van der Waals surface area (Å²) in [5.41, 5.74) is 0.682. The molecule has 0 unspecified atom stereocenters. The second-order valence-electron chi connectivity index (χ2n) is 4.75. The van der Waals surface area contributed by atoms with Crippen LogP contribution in [0.15, 0.2) is 47.5 Å². The lowest BCUT2D eigenvalue weighted by Gasteiger charge is -2.06. The van der Waals surface area contributed by atoms with E-state index in [0.717, 1.165) is 11.6 Å². The second-order valence-corrected chi connectivity index (χ2v) is 6.17. The maximum Gasteiger partial charge on any atom is 0.433 e. The van der Waals surface area contributed by atoms with Gasteiger partial charge in [0.2, 0.25) is 0 Å². The first kappa shape index (κ1) is 19.9. The number of hydrogen-bond donors (Lipinski definition) is 2. The molecule has 24 heavy (non-hydrogen) atoms. The van der Waals surface area contributed by atoms with Gasteiger partial charge >= 0.3 is 6.18 Å². The van der Waals surface area contributed by atoms with Gasteiger partial charge in [0, 0.05) is 6.54 Å². The predicted molar refractivity (Wildman–Crippen MR) is 84.4 cm³/mol. The van der Waals surface area contributed by atoms with Gasteiger partial charge in [-0.15, -0.1) is 0 Å². The van der Waals surface area contributed by atoms with Crippen LogP contribution in [0.4, 0.5) is 18.9 Å². The van der Waals surface area contributed by atoms with Crippen molar-refractivity contribution in [1.29, 1.82) is 0 Å². The largest absolute Gasteiger partial charge is 0.433 e. The van der Waals surface area contributed by atoms with Gasteiger partial charge in [-0.1, -0.05) is 17.7 Å². The Morgan fingerprint density at radius 3 is 2.08 bits per heavy atom. The number of aryl methyl sites for hydroxylation is 1. The average Bonchev–Trinajstić information content (AvgIpc) is 2.47. The number of aromatic nitrogens is 1. The number of anilines is 1. The summed E-state index contributed by atoms with van der Waals surface area (Å²) < 4.78 is 65.6. The van der Waals surface area contributed by atoms with E-state index in [1.165, 1.54) is 24.4 Å². The zero-order valence-corrected chi connectivity index (χ0v) is 13.8. The van der Waals surface area contributed by atoms with Crippen molar-refractivity contribution in [3.05, 3.63) is 53.9 Å². The SMILES string of the molecule is CCNc1ccc(C(F)(F)F)nc1.Cc1ccc(S(=O)(=O)O)cc1. The number of nitrogens with one attached hydrogen (secondary N) is 1. The maximum absolute atomic E-state index is 12.0. The zero-order chi connectivity index (χ0) is 18.4. The molecule has 0 aliphatic rings. The fourth-order valence-corrected chi connectivity index (χ4v) is 2.06. The van der Waals surface area contributed by atoms with Gasteiger partial charge in [0.05, 0.1) is 16.8 Å². The molecule has 0 aliphatic heterocycles. The van der Waals surface area contributed by atoms with Crippen LogP contribution in [0, 0.1) is 6.92 Å². The average molecular weight is 362 g/mol. The number of rotatable bonds is 3. The number of nitrogens with zero attached hydrogens (tertiary/aromatic N) is 1. The molecule has 0 amide bonds. The Morgan fingerprint density at radius 1 is 1.12 bits per heavy atom. The zero-order valence-electron chi connectivity index (χ0n) is 13.0. The van der Waals surface area contributed by atoms with Gasteiger partial charge < -0.3 is 5.32 Å². The van der Waals surface area contributed by atoms with Crippen LogP contribution in [0.3, 0.4) is 0 Å². The third-order valence-corrected chi connectivity index (χ3v) is 3.62. The van der Waals surface area contributed by atoms with Crippen molar-refractivity contribution in [2.24, 2.45) is 0 Å². The van der Waals surface area contributed by atoms with E-state index >= 15 is 0 Å². The van der Waals surface area contributed by atoms with Crippen molar-refractivity contribution in [2.75, 3.05) is 11.9 Å². The van der Waals surface area contributed by atoms with Crippen molar-refractivity contribution in [3.63, 3.8) is 0 Å². The highest BCUT2D eigenvalue weighted by molar-refractivity contribution is 7.85. The highest BCUT2D eigenvalue weighted by Crippen LogP contribution is 2.27. The first-order valence-electron chi connectivity index (χ1n) is 6.85.